The first kappa shape index (κ1) is 11.8. The van der Waals surface area contributed by atoms with E-state index in [0.717, 1.165) is 0 Å². The number of nitrogens with zero attached hydrogens (tertiary/aromatic N) is 1. The largest absolute Gasteiger partial charge is 0.353 e. The Morgan fingerprint density at radius 2 is 2.40 bits per heavy atom. The summed E-state index contributed by atoms with van der Waals surface area (Å²) in [7, 11) is 0. The molecule has 1 rings (SSSR count). The van der Waals surface area contributed by atoms with Crippen molar-refractivity contribution < 1.29 is 4.79 Å². The number of thioether (sulfide) groups is 1. The lowest BCUT2D eigenvalue weighted by atomic mass is 10.4. The smallest absolute Gasteiger partial charge is 0.251 e. The number of aromatic amines is 1. The number of amides is 1. The lowest BCUT2D eigenvalue weighted by molar-refractivity contribution is -0.119. The Bertz CT molecular complexity index is 389. The number of rotatable bonds is 4. The summed E-state index contributed by atoms with van der Waals surface area (Å²) < 4.78 is 0. The SMILES string of the molecule is CC(C)NC(=O)CSc1nccc(=O)[nH]1. The molecule has 0 unspecified atom stereocenters. The highest BCUT2D eigenvalue weighted by Gasteiger charge is 2.04. The molecule has 0 aromatic carbocycles. The van der Waals surface area contributed by atoms with Gasteiger partial charge in [-0.05, 0) is 13.8 Å². The Kier molecular flexibility index (Phi) is 4.36. The number of carbonyl (C=O) groups excluding carboxylic acids is 1. The Hall–Kier alpha value is -1.30. The molecule has 6 heteroatoms. The molecule has 1 amide bonds. The number of H-pyrrole nitrogens is 1. The summed E-state index contributed by atoms with van der Waals surface area (Å²) in [6.07, 6.45) is 1.42. The molecule has 0 bridgehead atoms. The zero-order valence-corrected chi connectivity index (χ0v) is 9.43. The molecule has 0 fully saturated rings. The Labute approximate surface area is 91.7 Å². The second kappa shape index (κ2) is 5.55. The van der Waals surface area contributed by atoms with Crippen LogP contribution in [0.25, 0.3) is 0 Å². The maximum absolute atomic E-state index is 11.3. The van der Waals surface area contributed by atoms with Gasteiger partial charge in [-0.1, -0.05) is 11.8 Å². The number of hydrogen-bond donors (Lipinski definition) is 2. The molecule has 15 heavy (non-hydrogen) atoms. The Balaban J connectivity index is 2.44. The van der Waals surface area contributed by atoms with Crippen LogP contribution < -0.4 is 10.9 Å². The summed E-state index contributed by atoms with van der Waals surface area (Å²) in [5.74, 6) is 0.187. The second-order valence-corrected chi connectivity index (χ2v) is 4.21. The maximum atomic E-state index is 11.3. The first-order valence-electron chi connectivity index (χ1n) is 4.55. The molecule has 2 N–H and O–H groups in total. The lowest BCUT2D eigenvalue weighted by Crippen LogP contribution is -2.31. The highest BCUT2D eigenvalue weighted by Crippen LogP contribution is 2.08. The van der Waals surface area contributed by atoms with E-state index >= 15 is 0 Å². The minimum absolute atomic E-state index is 0.0681. The van der Waals surface area contributed by atoms with Crippen LogP contribution in [0.4, 0.5) is 0 Å². The number of aromatic nitrogens is 2. The minimum atomic E-state index is -0.211. The van der Waals surface area contributed by atoms with Crippen molar-refractivity contribution in [1.82, 2.24) is 15.3 Å². The molecule has 0 saturated carbocycles. The molecule has 0 aliphatic heterocycles. The summed E-state index contributed by atoms with van der Waals surface area (Å²) in [5.41, 5.74) is -0.211. The van der Waals surface area contributed by atoms with Crippen LogP contribution in [-0.4, -0.2) is 27.7 Å². The zero-order valence-electron chi connectivity index (χ0n) is 8.61. The predicted octanol–water partition coefficient (Wildman–Crippen LogP) is 0.387. The molecule has 1 heterocycles. The van der Waals surface area contributed by atoms with Gasteiger partial charge in [0.2, 0.25) is 5.91 Å². The van der Waals surface area contributed by atoms with Crippen LogP contribution in [0.1, 0.15) is 13.8 Å². The monoisotopic (exact) mass is 227 g/mol. The van der Waals surface area contributed by atoms with Gasteiger partial charge in [-0.3, -0.25) is 9.59 Å². The highest BCUT2D eigenvalue weighted by molar-refractivity contribution is 7.99. The topological polar surface area (TPSA) is 74.8 Å². The fraction of sp³-hybridized carbons (Fsp3) is 0.444. The summed E-state index contributed by atoms with van der Waals surface area (Å²) in [4.78, 5) is 28.6. The molecule has 0 atom stereocenters. The molecule has 0 saturated heterocycles. The third-order valence-corrected chi connectivity index (χ3v) is 2.32. The van der Waals surface area contributed by atoms with Gasteiger partial charge in [0.05, 0.1) is 5.75 Å². The van der Waals surface area contributed by atoms with Gasteiger partial charge < -0.3 is 10.3 Å². The summed E-state index contributed by atoms with van der Waals surface area (Å²) in [5, 5.41) is 3.21. The Morgan fingerprint density at radius 3 is 3.00 bits per heavy atom. The minimum Gasteiger partial charge on any atom is -0.353 e. The van der Waals surface area contributed by atoms with Crippen molar-refractivity contribution in [2.45, 2.75) is 25.0 Å². The fourth-order valence-electron chi connectivity index (χ4n) is 0.923. The van der Waals surface area contributed by atoms with E-state index in [-0.39, 0.29) is 23.3 Å². The zero-order chi connectivity index (χ0) is 11.3. The maximum Gasteiger partial charge on any atom is 0.251 e. The van der Waals surface area contributed by atoms with Gasteiger partial charge in [-0.15, -0.1) is 0 Å². The molecular formula is C9H13N3O2S. The van der Waals surface area contributed by atoms with Crippen LogP contribution in [-0.2, 0) is 4.79 Å². The van der Waals surface area contributed by atoms with Gasteiger partial charge in [0, 0.05) is 18.3 Å². The number of nitrogens with one attached hydrogen (secondary N) is 2. The quantitative estimate of drug-likeness (QED) is 0.576. The van der Waals surface area contributed by atoms with Crippen LogP contribution in [0.2, 0.25) is 0 Å². The molecule has 0 spiro atoms. The van der Waals surface area contributed by atoms with Crippen molar-refractivity contribution in [3.05, 3.63) is 22.6 Å². The van der Waals surface area contributed by atoms with E-state index in [1.165, 1.54) is 24.0 Å². The summed E-state index contributed by atoms with van der Waals surface area (Å²) in [6.45, 7) is 3.79. The van der Waals surface area contributed by atoms with Gasteiger partial charge in [0.1, 0.15) is 0 Å². The molecule has 0 radical (unpaired) electrons. The lowest BCUT2D eigenvalue weighted by Gasteiger charge is -2.06. The Morgan fingerprint density at radius 1 is 1.67 bits per heavy atom. The van der Waals surface area contributed by atoms with E-state index in [4.69, 9.17) is 0 Å². The summed E-state index contributed by atoms with van der Waals surface area (Å²) >= 11 is 1.21. The van der Waals surface area contributed by atoms with Crippen LogP contribution in [0.15, 0.2) is 22.2 Å². The highest BCUT2D eigenvalue weighted by atomic mass is 32.2. The summed E-state index contributed by atoms with van der Waals surface area (Å²) in [6, 6.07) is 1.46. The first-order chi connectivity index (χ1) is 7.08. The van der Waals surface area contributed by atoms with E-state index in [0.29, 0.717) is 5.16 Å². The van der Waals surface area contributed by atoms with Crippen LogP contribution in [0.5, 0.6) is 0 Å². The van der Waals surface area contributed by atoms with E-state index in [1.807, 2.05) is 13.8 Å². The van der Waals surface area contributed by atoms with Crippen molar-refractivity contribution in [2.75, 3.05) is 5.75 Å². The molecule has 0 aliphatic carbocycles. The molecule has 1 aromatic rings. The van der Waals surface area contributed by atoms with E-state index in [9.17, 15) is 9.59 Å². The van der Waals surface area contributed by atoms with Crippen molar-refractivity contribution in [2.24, 2.45) is 0 Å². The predicted molar refractivity (Wildman–Crippen MR) is 58.9 cm³/mol. The van der Waals surface area contributed by atoms with Crippen LogP contribution in [0.3, 0.4) is 0 Å². The van der Waals surface area contributed by atoms with Crippen molar-refractivity contribution in [3.63, 3.8) is 0 Å². The standard InChI is InChI=1S/C9H13N3O2S/c1-6(2)11-8(14)5-15-9-10-4-3-7(13)12-9/h3-4,6H,5H2,1-2H3,(H,11,14)(H,10,12,13). The number of carbonyl (C=O) groups is 1. The van der Waals surface area contributed by atoms with Gasteiger partial charge in [-0.2, -0.15) is 0 Å². The van der Waals surface area contributed by atoms with Gasteiger partial charge in [0.15, 0.2) is 5.16 Å². The van der Waals surface area contributed by atoms with Gasteiger partial charge in [0.25, 0.3) is 5.56 Å². The fourth-order valence-corrected chi connectivity index (χ4v) is 1.58. The average molecular weight is 227 g/mol. The molecule has 0 aliphatic rings. The van der Waals surface area contributed by atoms with Gasteiger partial charge >= 0.3 is 0 Å². The van der Waals surface area contributed by atoms with Crippen LogP contribution >= 0.6 is 11.8 Å². The van der Waals surface area contributed by atoms with Gasteiger partial charge in [-0.25, -0.2) is 4.98 Å². The molecule has 5 nitrogen and oxygen atoms in total. The van der Waals surface area contributed by atoms with E-state index < -0.39 is 0 Å². The van der Waals surface area contributed by atoms with E-state index in [2.05, 4.69) is 15.3 Å². The van der Waals surface area contributed by atoms with Crippen LogP contribution in [0, 0.1) is 0 Å². The van der Waals surface area contributed by atoms with E-state index in [1.54, 1.807) is 0 Å². The van der Waals surface area contributed by atoms with Crippen molar-refractivity contribution >= 4 is 17.7 Å². The number of hydrogen-bond acceptors (Lipinski definition) is 4. The van der Waals surface area contributed by atoms with Crippen molar-refractivity contribution in [3.8, 4) is 0 Å². The molecule has 82 valence electrons. The molecule has 1 aromatic heterocycles. The second-order valence-electron chi connectivity index (χ2n) is 3.25. The third kappa shape index (κ3) is 4.64. The van der Waals surface area contributed by atoms with Crippen molar-refractivity contribution in [1.29, 1.82) is 0 Å². The first-order valence-corrected chi connectivity index (χ1v) is 5.54. The normalized spacial score (nSPS) is 10.3. The average Bonchev–Trinajstić information content (AvgIpc) is 2.14. The third-order valence-electron chi connectivity index (χ3n) is 1.44. The molecular weight excluding hydrogens is 214 g/mol.